The zero-order valence-electron chi connectivity index (χ0n) is 20.6. The summed E-state index contributed by atoms with van der Waals surface area (Å²) >= 11 is 0. The van der Waals surface area contributed by atoms with Gasteiger partial charge in [-0.05, 0) is 32.4 Å². The Morgan fingerprint density at radius 3 is 2.53 bits per heavy atom. The Morgan fingerprint density at radius 2 is 1.81 bits per heavy atom. The molecule has 190 valence electrons. The summed E-state index contributed by atoms with van der Waals surface area (Å²) < 4.78 is 0. The summed E-state index contributed by atoms with van der Waals surface area (Å²) in [4.78, 5) is 29.2. The number of aliphatic hydroxyl groups is 1. The van der Waals surface area contributed by atoms with Crippen LogP contribution in [0.15, 0.2) is 30.5 Å². The quantitative estimate of drug-likeness (QED) is 0.502. The summed E-state index contributed by atoms with van der Waals surface area (Å²) in [7, 11) is 0. The van der Waals surface area contributed by atoms with Crippen LogP contribution in [-0.4, -0.2) is 110 Å². The van der Waals surface area contributed by atoms with Crippen molar-refractivity contribution in [1.29, 1.82) is 0 Å². The Morgan fingerprint density at radius 1 is 1.06 bits per heavy atom. The van der Waals surface area contributed by atoms with Crippen LogP contribution in [0, 0.1) is 0 Å². The molecule has 11 heteroatoms. The number of carboxylic acid groups (broad SMARTS) is 1. The van der Waals surface area contributed by atoms with Crippen LogP contribution in [-0.2, 0) is 0 Å². The van der Waals surface area contributed by atoms with Crippen LogP contribution < -0.4 is 9.80 Å². The number of nitrogens with zero attached hydrogens (tertiary/aromatic N) is 7. The molecule has 1 aromatic carbocycles. The smallest absolute Gasteiger partial charge is 0.407 e. The second kappa shape index (κ2) is 8.90. The minimum Gasteiger partial charge on any atom is -0.465 e. The van der Waals surface area contributed by atoms with Gasteiger partial charge in [-0.25, -0.2) is 14.8 Å². The van der Waals surface area contributed by atoms with Gasteiger partial charge in [-0.2, -0.15) is 5.10 Å². The summed E-state index contributed by atoms with van der Waals surface area (Å²) in [5.41, 5.74) is 4.43. The molecule has 3 aliphatic heterocycles. The molecule has 3 saturated heterocycles. The molecule has 36 heavy (non-hydrogen) atoms. The number of H-pyrrole nitrogens is 1. The standard InChI is InChI=1S/C25H32N8O3/c1-15-11-32(25(35)36)12-16(2)33(15)24-26-10-21-23(27-24)22(29-28-21)17-3-5-18(6-4-17)30-7-8-31-14-20(34)9-19(31)13-30/h3-6,10,15-16,19-20,34H,7-9,11-14H2,1-2H3,(H,28,29)(H,35,36)/t15-,16+,19-,20+/m1/s1. The molecule has 0 aliphatic carbocycles. The minimum absolute atomic E-state index is 0.0432. The molecule has 6 rings (SSSR count). The maximum Gasteiger partial charge on any atom is 0.407 e. The summed E-state index contributed by atoms with van der Waals surface area (Å²) in [5.74, 6) is 0.587. The van der Waals surface area contributed by atoms with Gasteiger partial charge in [0.15, 0.2) is 0 Å². The molecule has 3 N–H and O–H groups in total. The zero-order valence-corrected chi connectivity index (χ0v) is 20.6. The Labute approximate surface area is 209 Å². The van der Waals surface area contributed by atoms with Gasteiger partial charge in [0.2, 0.25) is 5.95 Å². The number of aromatic nitrogens is 4. The summed E-state index contributed by atoms with van der Waals surface area (Å²) in [5, 5.41) is 27.0. The van der Waals surface area contributed by atoms with E-state index in [0.29, 0.717) is 25.1 Å². The second-order valence-electron chi connectivity index (χ2n) is 10.3. The molecule has 0 unspecified atom stereocenters. The van der Waals surface area contributed by atoms with Crippen molar-refractivity contribution >= 4 is 28.8 Å². The lowest BCUT2D eigenvalue weighted by Gasteiger charge is -2.43. The Balaban J connectivity index is 1.24. The van der Waals surface area contributed by atoms with Crippen LogP contribution in [0.2, 0.25) is 0 Å². The van der Waals surface area contributed by atoms with Crippen LogP contribution in [0.25, 0.3) is 22.3 Å². The second-order valence-corrected chi connectivity index (χ2v) is 10.3. The van der Waals surface area contributed by atoms with E-state index in [-0.39, 0.29) is 18.2 Å². The minimum atomic E-state index is -0.895. The van der Waals surface area contributed by atoms with Crippen molar-refractivity contribution in [2.24, 2.45) is 0 Å². The van der Waals surface area contributed by atoms with Gasteiger partial charge in [0.25, 0.3) is 0 Å². The summed E-state index contributed by atoms with van der Waals surface area (Å²) in [6, 6.07) is 8.76. The topological polar surface area (TPSA) is 125 Å². The number of fused-ring (bicyclic) bond motifs is 2. The predicted octanol–water partition coefficient (Wildman–Crippen LogP) is 1.85. The highest BCUT2D eigenvalue weighted by atomic mass is 16.4. The number of hydrogen-bond acceptors (Lipinski definition) is 8. The van der Waals surface area contributed by atoms with Gasteiger partial charge in [0.05, 0.1) is 12.3 Å². The molecule has 0 bridgehead atoms. The third-order valence-corrected chi connectivity index (χ3v) is 7.81. The van der Waals surface area contributed by atoms with Gasteiger partial charge in [-0.3, -0.25) is 10.00 Å². The van der Waals surface area contributed by atoms with Gasteiger partial charge in [-0.15, -0.1) is 0 Å². The average molecular weight is 493 g/mol. The van der Waals surface area contributed by atoms with E-state index in [1.807, 2.05) is 13.8 Å². The Hall–Kier alpha value is -3.44. The van der Waals surface area contributed by atoms with E-state index in [2.05, 4.69) is 54.1 Å². The molecule has 0 saturated carbocycles. The molecule has 3 fully saturated rings. The van der Waals surface area contributed by atoms with Gasteiger partial charge in [0.1, 0.15) is 16.7 Å². The number of aromatic amines is 1. The summed E-state index contributed by atoms with van der Waals surface area (Å²) in [6.45, 7) is 8.48. The average Bonchev–Trinajstić information content (AvgIpc) is 3.45. The SMILES string of the molecule is C[C@@H]1CN(C(=O)O)C[C@H](C)N1c1ncc2[nH]nc(-c3ccc(N4CCN5C[C@@H](O)C[C@@H]5C4)cc3)c2n1. The van der Waals surface area contributed by atoms with Crippen LogP contribution in [0.4, 0.5) is 16.4 Å². The van der Waals surface area contributed by atoms with E-state index in [1.54, 1.807) is 6.20 Å². The van der Waals surface area contributed by atoms with E-state index in [1.165, 1.54) is 10.6 Å². The van der Waals surface area contributed by atoms with E-state index < -0.39 is 6.09 Å². The van der Waals surface area contributed by atoms with E-state index in [4.69, 9.17) is 4.98 Å². The molecule has 0 radical (unpaired) electrons. The predicted molar refractivity (Wildman–Crippen MR) is 136 cm³/mol. The number of aliphatic hydroxyl groups excluding tert-OH is 1. The molecule has 3 aliphatic rings. The van der Waals surface area contributed by atoms with E-state index >= 15 is 0 Å². The van der Waals surface area contributed by atoms with Crippen molar-refractivity contribution in [3.63, 3.8) is 0 Å². The molecular weight excluding hydrogens is 460 g/mol. The lowest BCUT2D eigenvalue weighted by Crippen LogP contribution is -2.58. The largest absolute Gasteiger partial charge is 0.465 e. The molecule has 3 aromatic rings. The zero-order chi connectivity index (χ0) is 25.0. The maximum absolute atomic E-state index is 11.5. The molecule has 11 nitrogen and oxygen atoms in total. The third kappa shape index (κ3) is 4.01. The number of anilines is 2. The molecular formula is C25H32N8O3. The first-order chi connectivity index (χ1) is 17.4. The fourth-order valence-electron chi connectivity index (χ4n) is 6.08. The van der Waals surface area contributed by atoms with Crippen LogP contribution in [0.1, 0.15) is 20.3 Å². The molecule has 2 aromatic heterocycles. The lowest BCUT2D eigenvalue weighted by molar-refractivity contribution is 0.128. The lowest BCUT2D eigenvalue weighted by atomic mass is 10.1. The van der Waals surface area contributed by atoms with E-state index in [0.717, 1.165) is 54.9 Å². The van der Waals surface area contributed by atoms with Gasteiger partial charge in [0, 0.05) is 68.6 Å². The highest BCUT2D eigenvalue weighted by Gasteiger charge is 2.36. The highest BCUT2D eigenvalue weighted by Crippen LogP contribution is 2.31. The first-order valence-electron chi connectivity index (χ1n) is 12.6. The highest BCUT2D eigenvalue weighted by molar-refractivity contribution is 5.90. The van der Waals surface area contributed by atoms with Crippen molar-refractivity contribution in [3.8, 4) is 11.3 Å². The number of benzene rings is 1. The number of amides is 1. The van der Waals surface area contributed by atoms with Gasteiger partial charge < -0.3 is 24.9 Å². The van der Waals surface area contributed by atoms with E-state index in [9.17, 15) is 15.0 Å². The normalized spacial score (nSPS) is 27.0. The fourth-order valence-corrected chi connectivity index (χ4v) is 6.08. The van der Waals surface area contributed by atoms with Gasteiger partial charge in [-0.1, -0.05) is 12.1 Å². The van der Waals surface area contributed by atoms with Crippen molar-refractivity contribution in [3.05, 3.63) is 30.5 Å². The van der Waals surface area contributed by atoms with Crippen molar-refractivity contribution in [2.75, 3.05) is 49.1 Å². The Bertz CT molecular complexity index is 1250. The molecule has 0 spiro atoms. The fraction of sp³-hybridized carbons (Fsp3) is 0.520. The first kappa shape index (κ1) is 23.0. The first-order valence-corrected chi connectivity index (χ1v) is 12.6. The molecule has 4 atom stereocenters. The van der Waals surface area contributed by atoms with Crippen molar-refractivity contribution in [1.82, 2.24) is 30.0 Å². The number of carbonyl (C=O) groups is 1. The van der Waals surface area contributed by atoms with Crippen LogP contribution in [0.5, 0.6) is 0 Å². The summed E-state index contributed by atoms with van der Waals surface area (Å²) in [6.07, 6.45) is 1.50. The van der Waals surface area contributed by atoms with Crippen LogP contribution in [0.3, 0.4) is 0 Å². The molecule has 1 amide bonds. The van der Waals surface area contributed by atoms with Crippen LogP contribution >= 0.6 is 0 Å². The maximum atomic E-state index is 11.5. The number of nitrogens with one attached hydrogen (secondary N) is 1. The Kier molecular flexibility index (Phi) is 5.68. The number of hydrogen-bond donors (Lipinski definition) is 3. The third-order valence-electron chi connectivity index (χ3n) is 7.81. The monoisotopic (exact) mass is 492 g/mol. The number of rotatable bonds is 3. The van der Waals surface area contributed by atoms with Crippen molar-refractivity contribution in [2.45, 2.75) is 44.5 Å². The molecule has 5 heterocycles. The number of piperazine rings is 2. The van der Waals surface area contributed by atoms with Crippen molar-refractivity contribution < 1.29 is 15.0 Å². The van der Waals surface area contributed by atoms with Gasteiger partial charge >= 0.3 is 6.09 Å².